The molecule has 0 atom stereocenters. The van der Waals surface area contributed by atoms with E-state index in [1.807, 2.05) is 42.5 Å². The molecule has 180 valence electrons. The van der Waals surface area contributed by atoms with Gasteiger partial charge in [0, 0.05) is 29.2 Å². The van der Waals surface area contributed by atoms with E-state index in [1.54, 1.807) is 29.1 Å². The number of halogens is 2. The maximum absolute atomic E-state index is 14.5. The molecule has 2 N–H and O–H groups in total. The van der Waals surface area contributed by atoms with E-state index in [4.69, 9.17) is 5.73 Å². The number of amides is 1. The van der Waals surface area contributed by atoms with Crippen LogP contribution in [0.3, 0.4) is 0 Å². The number of aromatic nitrogens is 4. The normalized spacial score (nSPS) is 11.1. The number of rotatable bonds is 7. The molecule has 0 saturated heterocycles. The van der Waals surface area contributed by atoms with Gasteiger partial charge in [0.25, 0.3) is 5.91 Å². The summed E-state index contributed by atoms with van der Waals surface area (Å²) in [5.74, 6) is -1.33. The first-order chi connectivity index (χ1) is 17.5. The first kappa shape index (κ1) is 23.1. The van der Waals surface area contributed by atoms with Gasteiger partial charge in [0.2, 0.25) is 0 Å². The molecule has 2 heterocycles. The van der Waals surface area contributed by atoms with Crippen molar-refractivity contribution < 1.29 is 13.6 Å². The number of nitrogens with two attached hydrogens (primary N) is 1. The smallest absolute Gasteiger partial charge is 0.273 e. The van der Waals surface area contributed by atoms with E-state index in [1.165, 1.54) is 17.0 Å². The molecule has 36 heavy (non-hydrogen) atoms. The second kappa shape index (κ2) is 9.91. The Bertz CT molecular complexity index is 1530. The van der Waals surface area contributed by atoms with E-state index >= 15 is 0 Å². The molecule has 0 spiro atoms. The Hall–Kier alpha value is -4.66. The zero-order valence-corrected chi connectivity index (χ0v) is 19.2. The van der Waals surface area contributed by atoms with Crippen molar-refractivity contribution in [2.24, 2.45) is 0 Å². The lowest BCUT2D eigenvalue weighted by Gasteiger charge is -2.23. The summed E-state index contributed by atoms with van der Waals surface area (Å²) < 4.78 is 29.8. The van der Waals surface area contributed by atoms with Crippen LogP contribution < -0.4 is 5.73 Å². The average molecular weight is 485 g/mol. The van der Waals surface area contributed by atoms with Crippen LogP contribution in [0.2, 0.25) is 0 Å². The van der Waals surface area contributed by atoms with E-state index in [0.29, 0.717) is 23.6 Å². The summed E-state index contributed by atoms with van der Waals surface area (Å²) in [4.78, 5) is 19.5. The van der Waals surface area contributed by atoms with Gasteiger partial charge in [0.15, 0.2) is 5.82 Å². The molecule has 0 aliphatic carbocycles. The second-order valence-electron chi connectivity index (χ2n) is 8.40. The minimum atomic E-state index is -0.734. The van der Waals surface area contributed by atoms with Crippen molar-refractivity contribution >= 4 is 22.5 Å². The van der Waals surface area contributed by atoms with Gasteiger partial charge >= 0.3 is 0 Å². The summed E-state index contributed by atoms with van der Waals surface area (Å²) in [5, 5.41) is 9.10. The van der Waals surface area contributed by atoms with Crippen LogP contribution in [0.5, 0.6) is 0 Å². The molecule has 0 aliphatic heterocycles. The van der Waals surface area contributed by atoms with E-state index in [2.05, 4.69) is 15.2 Å². The molecular weight excluding hydrogens is 462 g/mol. The fourth-order valence-corrected chi connectivity index (χ4v) is 3.93. The fraction of sp³-hybridized carbons (Fsp3) is 0.111. The zero-order chi connectivity index (χ0) is 25.1. The third-order valence-electron chi connectivity index (χ3n) is 5.84. The lowest BCUT2D eigenvalue weighted by atomic mass is 10.1. The minimum Gasteiger partial charge on any atom is -0.399 e. The molecular formula is C27H22F2N6O. The lowest BCUT2D eigenvalue weighted by Crippen LogP contribution is -2.32. The van der Waals surface area contributed by atoms with E-state index in [9.17, 15) is 13.6 Å². The maximum atomic E-state index is 14.5. The van der Waals surface area contributed by atoms with Crippen LogP contribution in [0.1, 0.15) is 27.4 Å². The lowest BCUT2D eigenvalue weighted by molar-refractivity contribution is 0.0716. The standard InChI is InChI=1S/C27H22F2N6O/c28-21-9-7-20(23(29)13-21)15-34(27(36)25-12-8-19-3-1-2-4-24(19)32-25)16-26-33-31-17-35(26)14-18-5-10-22(30)11-6-18/h1-13,17H,14-16,30H2. The quantitative estimate of drug-likeness (QED) is 0.342. The van der Waals surface area contributed by atoms with E-state index in [-0.39, 0.29) is 24.3 Å². The Labute approximate surface area is 205 Å². The molecule has 0 unspecified atom stereocenters. The van der Waals surface area contributed by atoms with Gasteiger partial charge < -0.3 is 15.2 Å². The predicted molar refractivity (Wildman–Crippen MR) is 132 cm³/mol. The van der Waals surface area contributed by atoms with Crippen LogP contribution in [0.25, 0.3) is 10.9 Å². The molecule has 9 heteroatoms. The molecule has 2 aromatic heterocycles. The van der Waals surface area contributed by atoms with Crippen molar-refractivity contribution in [3.63, 3.8) is 0 Å². The molecule has 0 aliphatic rings. The van der Waals surface area contributed by atoms with E-state index < -0.39 is 17.5 Å². The number of fused-ring (bicyclic) bond motifs is 1. The summed E-state index contributed by atoms with van der Waals surface area (Å²) in [7, 11) is 0. The van der Waals surface area contributed by atoms with Crippen molar-refractivity contribution in [2.75, 3.05) is 5.73 Å². The molecule has 7 nitrogen and oxygen atoms in total. The molecule has 5 aromatic rings. The molecule has 1 amide bonds. The SMILES string of the molecule is Nc1ccc(Cn2cnnc2CN(Cc2ccc(F)cc2F)C(=O)c2ccc3ccccc3n2)cc1. The Morgan fingerprint density at radius 1 is 0.944 bits per heavy atom. The summed E-state index contributed by atoms with van der Waals surface area (Å²) in [5.41, 5.74) is 8.46. The number of pyridine rings is 1. The zero-order valence-electron chi connectivity index (χ0n) is 19.2. The van der Waals surface area contributed by atoms with Gasteiger partial charge in [0.1, 0.15) is 23.7 Å². The summed E-state index contributed by atoms with van der Waals surface area (Å²) in [6, 6.07) is 21.6. The Balaban J connectivity index is 1.47. The largest absolute Gasteiger partial charge is 0.399 e. The number of carbonyl (C=O) groups excluding carboxylic acids is 1. The molecule has 0 saturated carbocycles. The second-order valence-corrected chi connectivity index (χ2v) is 8.40. The van der Waals surface area contributed by atoms with Crippen LogP contribution in [0.4, 0.5) is 14.5 Å². The van der Waals surface area contributed by atoms with Crippen LogP contribution in [0.15, 0.2) is 85.2 Å². The number of nitrogens with zero attached hydrogens (tertiary/aromatic N) is 5. The van der Waals surface area contributed by atoms with Crippen molar-refractivity contribution in [1.82, 2.24) is 24.6 Å². The maximum Gasteiger partial charge on any atom is 0.273 e. The monoisotopic (exact) mass is 484 g/mol. The van der Waals surface area contributed by atoms with Crippen LogP contribution in [0, 0.1) is 11.6 Å². The van der Waals surface area contributed by atoms with Crippen molar-refractivity contribution in [3.8, 4) is 0 Å². The van der Waals surface area contributed by atoms with Gasteiger partial charge in [0.05, 0.1) is 18.6 Å². The average Bonchev–Trinajstić information content (AvgIpc) is 3.32. The number of hydrogen-bond donors (Lipinski definition) is 1. The highest BCUT2D eigenvalue weighted by Gasteiger charge is 2.22. The van der Waals surface area contributed by atoms with Gasteiger partial charge in [-0.25, -0.2) is 13.8 Å². The Morgan fingerprint density at radius 2 is 1.75 bits per heavy atom. The van der Waals surface area contributed by atoms with Crippen LogP contribution >= 0.6 is 0 Å². The van der Waals surface area contributed by atoms with Crippen molar-refractivity contribution in [1.29, 1.82) is 0 Å². The van der Waals surface area contributed by atoms with Gasteiger partial charge in [-0.05, 0) is 35.9 Å². The minimum absolute atomic E-state index is 0.0408. The van der Waals surface area contributed by atoms with Gasteiger partial charge in [-0.3, -0.25) is 4.79 Å². The molecule has 3 aromatic carbocycles. The highest BCUT2D eigenvalue weighted by atomic mass is 19.1. The van der Waals surface area contributed by atoms with Crippen molar-refractivity contribution in [3.05, 3.63) is 119 Å². The summed E-state index contributed by atoms with van der Waals surface area (Å²) in [6.45, 7) is 0.400. The number of anilines is 1. The number of benzene rings is 3. The van der Waals surface area contributed by atoms with Gasteiger partial charge in [-0.15, -0.1) is 10.2 Å². The van der Waals surface area contributed by atoms with Crippen molar-refractivity contribution in [2.45, 2.75) is 19.6 Å². The molecule has 0 bridgehead atoms. The Kier molecular flexibility index (Phi) is 6.36. The highest BCUT2D eigenvalue weighted by molar-refractivity contribution is 5.94. The topological polar surface area (TPSA) is 89.9 Å². The highest BCUT2D eigenvalue weighted by Crippen LogP contribution is 2.19. The van der Waals surface area contributed by atoms with Crippen LogP contribution in [-0.4, -0.2) is 30.6 Å². The first-order valence-corrected chi connectivity index (χ1v) is 11.3. The first-order valence-electron chi connectivity index (χ1n) is 11.3. The Morgan fingerprint density at radius 3 is 2.56 bits per heavy atom. The van der Waals surface area contributed by atoms with Gasteiger partial charge in [-0.1, -0.05) is 42.5 Å². The molecule has 5 rings (SSSR count). The predicted octanol–water partition coefficient (Wildman–Crippen LogP) is 4.58. The fourth-order valence-electron chi connectivity index (χ4n) is 3.93. The number of hydrogen-bond acceptors (Lipinski definition) is 5. The third kappa shape index (κ3) is 5.05. The molecule has 0 fully saturated rings. The van der Waals surface area contributed by atoms with E-state index in [0.717, 1.165) is 17.0 Å². The van der Waals surface area contributed by atoms with Crippen LogP contribution in [-0.2, 0) is 19.6 Å². The summed E-state index contributed by atoms with van der Waals surface area (Å²) >= 11 is 0. The molecule has 0 radical (unpaired) electrons. The number of nitrogen functional groups attached to an aromatic ring is 1. The number of carbonyl (C=O) groups is 1. The summed E-state index contributed by atoms with van der Waals surface area (Å²) in [6.07, 6.45) is 1.57. The van der Waals surface area contributed by atoms with Gasteiger partial charge in [-0.2, -0.15) is 0 Å². The number of para-hydroxylation sites is 1. The third-order valence-corrected chi connectivity index (χ3v) is 5.84.